The van der Waals surface area contributed by atoms with Crippen LogP contribution in [0.2, 0.25) is 0 Å². The Morgan fingerprint density at radius 3 is 1.73 bits per heavy atom. The van der Waals surface area contributed by atoms with Crippen molar-refractivity contribution in [3.63, 3.8) is 0 Å². The lowest BCUT2D eigenvalue weighted by Crippen LogP contribution is -2.49. The van der Waals surface area contributed by atoms with Crippen LogP contribution in [-0.4, -0.2) is 238 Å². The topological polar surface area (TPSA) is 353 Å². The Morgan fingerprint density at radius 2 is 1.15 bits per heavy atom. The van der Waals surface area contributed by atoms with Crippen LogP contribution in [0.5, 0.6) is 5.75 Å². The van der Waals surface area contributed by atoms with Gasteiger partial charge >= 0.3 is 23.9 Å². The first-order valence-corrected chi connectivity index (χ1v) is 30.2. The Morgan fingerprint density at radius 1 is 0.612 bits per heavy atom. The maximum Gasteiger partial charge on any atom is 0.323 e. The normalized spacial score (nSPS) is 15.3. The highest BCUT2D eigenvalue weighted by atomic mass is 32.2. The number of hydrogen-bond acceptors (Lipinski definition) is 18. The van der Waals surface area contributed by atoms with Crippen molar-refractivity contribution in [1.29, 1.82) is 0 Å². The molecule has 26 nitrogen and oxygen atoms in total. The lowest BCUT2D eigenvalue weighted by Gasteiger charge is -2.32. The number of carboxylic acids is 4. The molecule has 468 valence electrons. The maximum absolute atomic E-state index is 13.6. The number of rotatable bonds is 35. The molecule has 2 aliphatic rings. The predicted molar refractivity (Wildman–Crippen MR) is 310 cm³/mol. The molecular formula is C58H83N9O17S. The summed E-state index contributed by atoms with van der Waals surface area (Å²) in [6.45, 7) is 4.97. The zero-order chi connectivity index (χ0) is 61.7. The third-order valence-corrected chi connectivity index (χ3v) is 16.0. The van der Waals surface area contributed by atoms with Gasteiger partial charge in [-0.05, 0) is 118 Å². The van der Waals surface area contributed by atoms with Gasteiger partial charge in [-0.15, -0.1) is 0 Å². The van der Waals surface area contributed by atoms with E-state index in [1.54, 1.807) is 40.7 Å². The van der Waals surface area contributed by atoms with Gasteiger partial charge in [0.25, 0.3) is 5.91 Å². The van der Waals surface area contributed by atoms with Gasteiger partial charge in [-0.3, -0.25) is 62.9 Å². The van der Waals surface area contributed by atoms with Crippen LogP contribution in [0.1, 0.15) is 82.5 Å². The fourth-order valence-electron chi connectivity index (χ4n) is 9.84. The average Bonchev–Trinajstić information content (AvgIpc) is 3.65. The minimum Gasteiger partial charge on any atom is -0.494 e. The molecule has 1 aromatic heterocycles. The predicted octanol–water partition coefficient (Wildman–Crippen LogP) is 0.773. The first-order chi connectivity index (χ1) is 40.6. The minimum atomic E-state index is -4.39. The number of aryl methyl sites for hydroxylation is 6. The van der Waals surface area contributed by atoms with Crippen molar-refractivity contribution < 1.29 is 81.4 Å². The molecule has 1 atom stereocenters. The molecular weight excluding hydrogens is 1130 g/mol. The van der Waals surface area contributed by atoms with Gasteiger partial charge in [0.15, 0.2) is 0 Å². The van der Waals surface area contributed by atoms with Crippen LogP contribution >= 0.6 is 0 Å². The Hall–Kier alpha value is -6.98. The van der Waals surface area contributed by atoms with Gasteiger partial charge in [0.1, 0.15) is 24.2 Å². The van der Waals surface area contributed by atoms with Crippen molar-refractivity contribution in [3.05, 3.63) is 87.7 Å². The molecule has 1 saturated heterocycles. The van der Waals surface area contributed by atoms with Gasteiger partial charge in [0, 0.05) is 108 Å². The molecule has 1 aliphatic heterocycles. The molecule has 8 N–H and O–H groups in total. The van der Waals surface area contributed by atoms with Gasteiger partial charge in [0.05, 0.1) is 50.9 Å². The Bertz CT molecular complexity index is 2790. The smallest absolute Gasteiger partial charge is 0.323 e. The number of nitrogens with one attached hydrogen (secondary N) is 4. The van der Waals surface area contributed by atoms with Gasteiger partial charge in [-0.1, -0.05) is 18.2 Å². The summed E-state index contributed by atoms with van der Waals surface area (Å²) in [6, 6.07) is 12.5. The van der Waals surface area contributed by atoms with Gasteiger partial charge in [0.2, 0.25) is 21.8 Å². The van der Waals surface area contributed by atoms with E-state index in [4.69, 9.17) is 19.2 Å². The molecule has 85 heavy (non-hydrogen) atoms. The van der Waals surface area contributed by atoms with Crippen LogP contribution in [0.15, 0.2) is 53.4 Å². The van der Waals surface area contributed by atoms with Crippen molar-refractivity contribution in [3.8, 4) is 5.75 Å². The number of aromatic nitrogens is 1. The average molecular weight is 1210 g/mol. The number of hydrogen-bond donors (Lipinski definition) is 8. The Balaban J connectivity index is 0.906. The molecule has 1 aliphatic carbocycles. The molecule has 2 aromatic carbocycles. The van der Waals surface area contributed by atoms with Gasteiger partial charge in [-0.2, -0.15) is 4.72 Å². The third kappa shape index (κ3) is 26.0. The monoisotopic (exact) mass is 1210 g/mol. The first-order valence-electron chi connectivity index (χ1n) is 28.7. The lowest BCUT2D eigenvalue weighted by molar-refractivity contribution is -0.140. The number of carbonyl (C=O) groups excluding carboxylic acids is 4. The summed E-state index contributed by atoms with van der Waals surface area (Å²) in [4.78, 5) is 109. The fraction of sp³-hybridized carbons (Fsp3) is 0.569. The summed E-state index contributed by atoms with van der Waals surface area (Å²) in [5.41, 5.74) is 5.41. The number of pyridine rings is 1. The number of Topliss-reactive ketones (excluding diaryl/α,β-unsaturated/α-hetero) is 1. The molecule has 3 aromatic rings. The molecule has 0 bridgehead atoms. The lowest BCUT2D eigenvalue weighted by atomic mass is 9.95. The summed E-state index contributed by atoms with van der Waals surface area (Å²) >= 11 is 0. The highest BCUT2D eigenvalue weighted by molar-refractivity contribution is 7.89. The zero-order valence-electron chi connectivity index (χ0n) is 48.6. The van der Waals surface area contributed by atoms with E-state index in [0.717, 1.165) is 43.4 Å². The number of amides is 3. The van der Waals surface area contributed by atoms with Gasteiger partial charge < -0.3 is 50.6 Å². The van der Waals surface area contributed by atoms with Crippen LogP contribution in [0, 0.1) is 13.8 Å². The third-order valence-electron chi connectivity index (χ3n) is 14.2. The number of benzene rings is 2. The summed E-state index contributed by atoms with van der Waals surface area (Å²) in [7, 11) is -4.39. The standard InChI is InChI=1S/C58H83N9O17S/c1-41-33-48(34-42(2)56(41)85(80,81)63-50(58(78)79)35-61-57(77)45-14-11-43(12-15-45)13-17-46-18-16-44-7-3-4-9-49(44)62-46)84-30-6-10-51(69)59-19-20-60-52(70)40-83-32-31-82-29-5-8-47(68)36-64-21-23-65(37-53(71)72)25-27-67(39-55(75)76)28-26-66(24-22-64)38-54(73)74/h11-12,14-16,18,33-34,50,63H,3-10,13,17,19-32,35-40H2,1-2H3,(H,59,69)(H,60,70)(H,61,77)(H,71,72)(H,73,74)(H,75,76)(H,78,79). The fourth-order valence-corrected chi connectivity index (χ4v) is 11.5. The van der Waals surface area contributed by atoms with Crippen molar-refractivity contribution in [2.45, 2.75) is 89.0 Å². The maximum atomic E-state index is 13.6. The van der Waals surface area contributed by atoms with Crippen molar-refractivity contribution in [2.24, 2.45) is 0 Å². The van der Waals surface area contributed by atoms with E-state index in [0.29, 0.717) is 50.3 Å². The first kappa shape index (κ1) is 68.8. The number of carbonyl (C=O) groups is 8. The molecule has 0 radical (unpaired) electrons. The van der Waals surface area contributed by atoms with E-state index in [1.165, 1.54) is 29.8 Å². The van der Waals surface area contributed by atoms with E-state index in [-0.39, 0.29) is 139 Å². The number of ketones is 1. The van der Waals surface area contributed by atoms with Crippen LogP contribution in [0.4, 0.5) is 0 Å². The number of ether oxygens (including phenoxy) is 3. The van der Waals surface area contributed by atoms with Crippen LogP contribution in [-0.2, 0) is 78.7 Å². The quantitative estimate of drug-likeness (QED) is 0.0377. The number of carboxylic acid groups (broad SMARTS) is 4. The molecule has 1 unspecified atom stereocenters. The summed E-state index contributed by atoms with van der Waals surface area (Å²) in [5, 5.41) is 46.1. The number of fused-ring (bicyclic) bond motifs is 1. The molecule has 1 fully saturated rings. The number of nitrogens with zero attached hydrogens (tertiary/aromatic N) is 5. The van der Waals surface area contributed by atoms with E-state index in [1.807, 2.05) is 17.0 Å². The second kappa shape index (κ2) is 36.1. The summed E-state index contributed by atoms with van der Waals surface area (Å²) in [5.74, 6) is -5.57. The highest BCUT2D eigenvalue weighted by Crippen LogP contribution is 2.27. The molecule has 2 heterocycles. The van der Waals surface area contributed by atoms with E-state index in [2.05, 4.69) is 32.8 Å². The van der Waals surface area contributed by atoms with E-state index >= 15 is 0 Å². The highest BCUT2D eigenvalue weighted by Gasteiger charge is 2.29. The van der Waals surface area contributed by atoms with E-state index < -0.39 is 58.3 Å². The molecule has 0 saturated carbocycles. The largest absolute Gasteiger partial charge is 0.494 e. The molecule has 27 heteroatoms. The summed E-state index contributed by atoms with van der Waals surface area (Å²) < 4.78 is 46.1. The molecule has 5 rings (SSSR count). The van der Waals surface area contributed by atoms with E-state index in [9.17, 15) is 67.2 Å². The second-order valence-corrected chi connectivity index (χ2v) is 22.8. The summed E-state index contributed by atoms with van der Waals surface area (Å²) in [6.07, 6.45) is 6.94. The van der Waals surface area contributed by atoms with Crippen molar-refractivity contribution >= 4 is 57.4 Å². The number of sulfonamides is 1. The van der Waals surface area contributed by atoms with Crippen LogP contribution in [0.25, 0.3) is 0 Å². The second-order valence-electron chi connectivity index (χ2n) is 21.2. The van der Waals surface area contributed by atoms with Crippen molar-refractivity contribution in [1.82, 2.24) is 45.3 Å². The Labute approximate surface area is 496 Å². The number of aliphatic carboxylic acids is 4. The SMILES string of the molecule is Cc1cc(OCCCC(=O)NCCNC(=O)COCCOCCCC(=O)CN2CCN(CC(=O)O)CCN(CC(=O)O)CCN(CC(=O)O)CC2)cc(C)c1S(=O)(=O)NC(CNC(=O)c1ccc(CCc2ccc3c(n2)CCCC3)cc1)C(=O)O. The van der Waals surface area contributed by atoms with Gasteiger partial charge in [-0.25, -0.2) is 8.42 Å². The zero-order valence-corrected chi connectivity index (χ0v) is 49.5. The van der Waals surface area contributed by atoms with Crippen molar-refractivity contribution in [2.75, 3.05) is 131 Å². The Kier molecular flexibility index (Phi) is 29.2. The minimum absolute atomic E-state index is 0.0698. The molecule has 0 spiro atoms. The van der Waals surface area contributed by atoms with Crippen LogP contribution < -0.4 is 25.4 Å². The molecule has 3 amide bonds. The van der Waals surface area contributed by atoms with Crippen LogP contribution in [0.3, 0.4) is 0 Å².